The maximum Gasteiger partial charge on any atom is 0.233 e. The Morgan fingerprint density at radius 1 is 1.15 bits per heavy atom. The van der Waals surface area contributed by atoms with Crippen LogP contribution in [-0.2, 0) is 23.3 Å². The molecule has 1 aromatic carbocycles. The number of rotatable bonds is 7. The second-order valence-electron chi connectivity index (χ2n) is 10.4. The van der Waals surface area contributed by atoms with Crippen LogP contribution in [0, 0.1) is 5.92 Å². The lowest BCUT2D eigenvalue weighted by Crippen LogP contribution is -2.55. The Balaban J connectivity index is 1.60. The van der Waals surface area contributed by atoms with Gasteiger partial charge in [0.15, 0.2) is 0 Å². The summed E-state index contributed by atoms with van der Waals surface area (Å²) in [4.78, 5) is 21.1. The number of nitrogens with zero attached hydrogens (tertiary/aromatic N) is 2. The minimum absolute atomic E-state index is 0.0383. The van der Waals surface area contributed by atoms with Gasteiger partial charge in [0.1, 0.15) is 11.2 Å². The number of aliphatic hydroxyl groups excluding tert-OH is 1. The van der Waals surface area contributed by atoms with Crippen LogP contribution in [0.1, 0.15) is 63.3 Å². The van der Waals surface area contributed by atoms with Gasteiger partial charge in [0.2, 0.25) is 5.91 Å². The van der Waals surface area contributed by atoms with E-state index in [1.54, 1.807) is 0 Å². The molecule has 2 aromatic rings. The summed E-state index contributed by atoms with van der Waals surface area (Å²) in [5, 5.41) is 16.6. The number of aliphatic hydroxyl groups is 1. The van der Waals surface area contributed by atoms with Crippen molar-refractivity contribution in [2.45, 2.75) is 77.1 Å². The van der Waals surface area contributed by atoms with Crippen molar-refractivity contribution in [3.8, 4) is 0 Å². The molecule has 1 aliphatic carbocycles. The molecule has 1 aliphatic heterocycles. The van der Waals surface area contributed by atoms with E-state index in [0.29, 0.717) is 12.5 Å². The molecule has 0 bridgehead atoms. The predicted molar refractivity (Wildman–Crippen MR) is 132 cm³/mol. The molecule has 33 heavy (non-hydrogen) atoms. The quantitative estimate of drug-likeness (QED) is 0.597. The lowest BCUT2D eigenvalue weighted by Gasteiger charge is -2.41. The lowest BCUT2D eigenvalue weighted by molar-refractivity contribution is -0.128. The number of aromatic nitrogens is 1. The molecule has 0 saturated heterocycles. The zero-order valence-corrected chi connectivity index (χ0v) is 20.2. The third-order valence-electron chi connectivity index (χ3n) is 6.91. The van der Waals surface area contributed by atoms with Gasteiger partial charge in [0, 0.05) is 32.2 Å². The topological polar surface area (TPSA) is 77.5 Å². The molecular weight excluding hydrogens is 412 g/mol. The number of pyridine rings is 1. The fourth-order valence-corrected chi connectivity index (χ4v) is 5.02. The van der Waals surface area contributed by atoms with E-state index in [-0.39, 0.29) is 18.1 Å². The number of nitrogens with one attached hydrogen (secondary N) is 2. The van der Waals surface area contributed by atoms with Crippen LogP contribution < -0.4 is 10.6 Å². The van der Waals surface area contributed by atoms with Crippen molar-refractivity contribution in [2.24, 2.45) is 5.92 Å². The van der Waals surface area contributed by atoms with Crippen molar-refractivity contribution in [3.05, 3.63) is 59.3 Å². The van der Waals surface area contributed by atoms with Crippen molar-refractivity contribution in [3.63, 3.8) is 0 Å². The van der Waals surface area contributed by atoms with Crippen molar-refractivity contribution in [2.75, 3.05) is 18.4 Å². The van der Waals surface area contributed by atoms with E-state index in [4.69, 9.17) is 4.98 Å². The summed E-state index contributed by atoms with van der Waals surface area (Å²) in [6.07, 6.45) is 2.92. The summed E-state index contributed by atoms with van der Waals surface area (Å²) in [6.45, 7) is 9.43. The molecule has 0 spiro atoms. The number of anilines is 1. The van der Waals surface area contributed by atoms with Crippen molar-refractivity contribution in [1.82, 2.24) is 15.2 Å². The first-order valence-corrected chi connectivity index (χ1v) is 12.3. The summed E-state index contributed by atoms with van der Waals surface area (Å²) in [6, 6.07) is 14.7. The fraction of sp³-hybridized carbons (Fsp3) is 0.556. The highest BCUT2D eigenvalue weighted by Crippen LogP contribution is 2.35. The van der Waals surface area contributed by atoms with Crippen LogP contribution in [0.25, 0.3) is 0 Å². The van der Waals surface area contributed by atoms with E-state index in [9.17, 15) is 9.90 Å². The van der Waals surface area contributed by atoms with Crippen LogP contribution in [-0.4, -0.2) is 46.1 Å². The van der Waals surface area contributed by atoms with E-state index in [0.717, 1.165) is 62.4 Å². The van der Waals surface area contributed by atoms with Crippen LogP contribution in [0.2, 0.25) is 0 Å². The van der Waals surface area contributed by atoms with E-state index < -0.39 is 5.41 Å². The van der Waals surface area contributed by atoms with Crippen molar-refractivity contribution in [1.29, 1.82) is 0 Å². The Kier molecular flexibility index (Phi) is 7.35. The Labute approximate surface area is 197 Å². The van der Waals surface area contributed by atoms with Crippen LogP contribution in [0.15, 0.2) is 42.5 Å². The van der Waals surface area contributed by atoms with E-state index in [1.165, 1.54) is 5.56 Å². The summed E-state index contributed by atoms with van der Waals surface area (Å²) >= 11 is 0. The Bertz CT molecular complexity index is 940. The molecule has 6 heteroatoms. The van der Waals surface area contributed by atoms with E-state index in [2.05, 4.69) is 59.7 Å². The first kappa shape index (κ1) is 23.7. The molecule has 1 fully saturated rings. The number of hydrogen-bond donors (Lipinski definition) is 3. The number of carbonyl (C=O) groups excluding carboxylic acids is 1. The zero-order valence-electron chi connectivity index (χ0n) is 20.2. The molecule has 1 amide bonds. The van der Waals surface area contributed by atoms with Gasteiger partial charge in [-0.3, -0.25) is 9.69 Å². The van der Waals surface area contributed by atoms with Gasteiger partial charge in [-0.05, 0) is 55.7 Å². The fourth-order valence-electron chi connectivity index (χ4n) is 5.02. The third-order valence-corrected chi connectivity index (χ3v) is 6.91. The minimum Gasteiger partial charge on any atom is -0.393 e. The van der Waals surface area contributed by atoms with Crippen LogP contribution in [0.4, 0.5) is 5.82 Å². The number of carbonyl (C=O) groups is 1. The van der Waals surface area contributed by atoms with Crippen LogP contribution in [0.3, 0.4) is 0 Å². The van der Waals surface area contributed by atoms with Gasteiger partial charge in [-0.2, -0.15) is 0 Å². The number of fused-ring (bicyclic) bond motifs is 1. The molecule has 1 atom stereocenters. The molecule has 1 unspecified atom stereocenters. The lowest BCUT2D eigenvalue weighted by atomic mass is 9.78. The largest absolute Gasteiger partial charge is 0.393 e. The SMILES string of the molecule is CC(C)CNc1ccc2c(n1)C(C)(C(=O)NC1CCC(O)CC1)CN(Cc1ccccc1)C2. The zero-order chi connectivity index (χ0) is 23.4. The Hall–Kier alpha value is -2.44. The van der Waals surface area contributed by atoms with Gasteiger partial charge in [0.05, 0.1) is 11.8 Å². The molecule has 4 rings (SSSR count). The average Bonchev–Trinajstić information content (AvgIpc) is 2.80. The summed E-state index contributed by atoms with van der Waals surface area (Å²) in [5.74, 6) is 1.38. The van der Waals surface area contributed by atoms with Gasteiger partial charge in [-0.15, -0.1) is 0 Å². The second kappa shape index (κ2) is 10.2. The molecule has 178 valence electrons. The molecule has 1 saturated carbocycles. The van der Waals surface area contributed by atoms with Crippen molar-refractivity contribution >= 4 is 11.7 Å². The van der Waals surface area contributed by atoms with Gasteiger partial charge in [-0.1, -0.05) is 50.2 Å². The molecular formula is C27H38N4O2. The minimum atomic E-state index is -0.742. The molecule has 0 radical (unpaired) electrons. The molecule has 6 nitrogen and oxygen atoms in total. The van der Waals surface area contributed by atoms with E-state index >= 15 is 0 Å². The molecule has 2 heterocycles. The highest BCUT2D eigenvalue weighted by molar-refractivity contribution is 5.88. The smallest absolute Gasteiger partial charge is 0.233 e. The van der Waals surface area contributed by atoms with Gasteiger partial charge >= 0.3 is 0 Å². The molecule has 1 aromatic heterocycles. The van der Waals surface area contributed by atoms with Crippen LogP contribution >= 0.6 is 0 Å². The van der Waals surface area contributed by atoms with Gasteiger partial charge in [0.25, 0.3) is 0 Å². The maximum atomic E-state index is 13.7. The summed E-state index contributed by atoms with van der Waals surface area (Å²) in [5.41, 5.74) is 2.50. The van der Waals surface area contributed by atoms with Gasteiger partial charge in [-0.25, -0.2) is 4.98 Å². The average molecular weight is 451 g/mol. The first-order chi connectivity index (χ1) is 15.8. The van der Waals surface area contributed by atoms with Crippen molar-refractivity contribution < 1.29 is 9.90 Å². The van der Waals surface area contributed by atoms with Gasteiger partial charge < -0.3 is 15.7 Å². The Morgan fingerprint density at radius 3 is 2.58 bits per heavy atom. The Morgan fingerprint density at radius 2 is 1.88 bits per heavy atom. The standard InChI is InChI=1S/C27H38N4O2/c1-19(2)15-28-24-14-9-21-17-31(16-20-7-5-4-6-8-20)18-27(3,25(21)30-24)26(33)29-22-10-12-23(32)13-11-22/h4-9,14,19,22-23,32H,10-13,15-18H2,1-3H3,(H,28,30)(H,29,33). The van der Waals surface area contributed by atoms with E-state index in [1.807, 2.05) is 19.1 Å². The molecule has 3 N–H and O–H groups in total. The maximum absolute atomic E-state index is 13.7. The number of hydrogen-bond acceptors (Lipinski definition) is 5. The second-order valence-corrected chi connectivity index (χ2v) is 10.4. The van der Waals surface area contributed by atoms with Crippen LogP contribution in [0.5, 0.6) is 0 Å². The monoisotopic (exact) mass is 450 g/mol. The number of amides is 1. The highest BCUT2D eigenvalue weighted by Gasteiger charge is 2.44. The predicted octanol–water partition coefficient (Wildman–Crippen LogP) is 3.84. The first-order valence-electron chi connectivity index (χ1n) is 12.3. The number of benzene rings is 1. The molecule has 2 aliphatic rings. The summed E-state index contributed by atoms with van der Waals surface area (Å²) < 4.78 is 0. The third kappa shape index (κ3) is 5.74. The summed E-state index contributed by atoms with van der Waals surface area (Å²) in [7, 11) is 0. The normalized spacial score (nSPS) is 25.5. The highest BCUT2D eigenvalue weighted by atomic mass is 16.3.